The van der Waals surface area contributed by atoms with Crippen LogP contribution < -0.4 is 20.7 Å². The summed E-state index contributed by atoms with van der Waals surface area (Å²) in [5, 5.41) is 12.3. The second-order valence-corrected chi connectivity index (χ2v) is 12.8. The number of nitriles is 1. The molecule has 3 aromatic rings. The van der Waals surface area contributed by atoms with Crippen molar-refractivity contribution in [1.82, 2.24) is 20.2 Å². The number of nitrogen functional groups attached to an aromatic ring is 1. The molecule has 234 valence electrons. The molecule has 4 heterocycles. The molecule has 2 aromatic carbocycles. The highest BCUT2D eigenvalue weighted by Crippen LogP contribution is 2.48. The smallest absolute Gasteiger partial charge is 0.418 e. The van der Waals surface area contributed by atoms with E-state index in [0.717, 1.165) is 50.9 Å². The number of hydrogen-bond donors (Lipinski definition) is 2. The summed E-state index contributed by atoms with van der Waals surface area (Å²) in [6.45, 7) is 5.01. The molecule has 1 aromatic heterocycles. The number of likely N-dealkylation sites (tertiary alicyclic amines) is 1. The van der Waals surface area contributed by atoms with E-state index in [1.54, 1.807) is 6.07 Å². The Balaban J connectivity index is 1.55. The van der Waals surface area contributed by atoms with Crippen molar-refractivity contribution in [2.75, 3.05) is 50.5 Å². The average Bonchev–Trinajstić information content (AvgIpc) is 3.28. The monoisotopic (exact) mass is 635 g/mol. The van der Waals surface area contributed by atoms with Crippen LogP contribution in [0.5, 0.6) is 6.01 Å². The van der Waals surface area contributed by atoms with Gasteiger partial charge in [-0.25, -0.2) is 8.78 Å². The molecule has 2 bridgehead atoms. The number of piperidine rings is 1. The molecule has 0 amide bonds. The van der Waals surface area contributed by atoms with E-state index in [0.29, 0.717) is 13.1 Å². The van der Waals surface area contributed by atoms with Crippen molar-refractivity contribution >= 4 is 34.0 Å². The molecule has 14 heteroatoms. The van der Waals surface area contributed by atoms with Crippen molar-refractivity contribution in [2.24, 2.45) is 5.41 Å². The summed E-state index contributed by atoms with van der Waals surface area (Å²) in [5.74, 6) is -2.52. The summed E-state index contributed by atoms with van der Waals surface area (Å²) in [4.78, 5) is 13.0. The normalized spacial score (nSPS) is 24.1. The summed E-state index contributed by atoms with van der Waals surface area (Å²) < 4.78 is 81.5. The zero-order chi connectivity index (χ0) is 31.6. The molecule has 0 radical (unpaired) electrons. The lowest BCUT2D eigenvalue weighted by Crippen LogP contribution is -2.51. The standard InChI is InChI=1S/C30H31ClF5N7O/c1-29(6-3-7-42(2)13-29)14-44-28-40-26-17(27(41-28)43-11-15-4-5-16(12-43)39-15)8-20(32)23(25(26)33)22-18(10-37)21(38)9-19(31)24(22)30(34,35)36/h8-9,15-16,39H,3-7,11-14,38H2,1-2H3/t15-,16+,29?. The first kappa shape index (κ1) is 30.6. The lowest BCUT2D eigenvalue weighted by Gasteiger charge is -2.38. The molecule has 3 atom stereocenters. The summed E-state index contributed by atoms with van der Waals surface area (Å²) in [6, 6.07) is 3.35. The minimum atomic E-state index is -5.16. The van der Waals surface area contributed by atoms with Gasteiger partial charge in [0.15, 0.2) is 5.82 Å². The summed E-state index contributed by atoms with van der Waals surface area (Å²) in [7, 11) is 2.01. The predicted octanol–water partition coefficient (Wildman–Crippen LogP) is 5.75. The van der Waals surface area contributed by atoms with Crippen molar-refractivity contribution < 1.29 is 26.7 Å². The summed E-state index contributed by atoms with van der Waals surface area (Å²) in [6.07, 6.45) is -1.45. The summed E-state index contributed by atoms with van der Waals surface area (Å²) >= 11 is 5.93. The van der Waals surface area contributed by atoms with Crippen LogP contribution >= 0.6 is 11.6 Å². The Kier molecular flexibility index (Phi) is 7.75. The fraction of sp³-hybridized carbons (Fsp3) is 0.500. The molecule has 3 saturated heterocycles. The molecule has 3 aliphatic rings. The SMILES string of the molecule is CN1CCCC(C)(COc2nc(N3C[C@H]4CC[C@@H](C3)N4)c3cc(F)c(-c4c(C#N)c(N)cc(Cl)c4C(F)(F)F)c(F)c3n2)C1. The number of anilines is 2. The number of alkyl halides is 3. The van der Waals surface area contributed by atoms with E-state index in [1.807, 2.05) is 11.9 Å². The number of piperazine rings is 1. The van der Waals surface area contributed by atoms with Gasteiger partial charge in [-0.3, -0.25) is 0 Å². The topological polar surface area (TPSA) is 103 Å². The molecule has 3 fully saturated rings. The van der Waals surface area contributed by atoms with Crippen LogP contribution in [0.4, 0.5) is 33.5 Å². The Morgan fingerprint density at radius 2 is 1.89 bits per heavy atom. The van der Waals surface area contributed by atoms with Crippen molar-refractivity contribution in [2.45, 2.75) is 50.9 Å². The number of nitrogens with two attached hydrogens (primary N) is 1. The largest absolute Gasteiger partial charge is 0.463 e. The number of rotatable bonds is 5. The van der Waals surface area contributed by atoms with Crippen molar-refractivity contribution in [3.05, 3.63) is 39.9 Å². The van der Waals surface area contributed by atoms with E-state index < -0.39 is 56.3 Å². The number of ether oxygens (including phenoxy) is 1. The lowest BCUT2D eigenvalue weighted by molar-refractivity contribution is -0.137. The Labute approximate surface area is 255 Å². The molecule has 8 nitrogen and oxygen atoms in total. The average molecular weight is 636 g/mol. The first-order valence-electron chi connectivity index (χ1n) is 14.4. The second-order valence-electron chi connectivity index (χ2n) is 12.4. The maximum Gasteiger partial charge on any atom is 0.418 e. The lowest BCUT2D eigenvalue weighted by atomic mass is 9.83. The number of aromatic nitrogens is 2. The maximum atomic E-state index is 16.6. The van der Waals surface area contributed by atoms with Gasteiger partial charge < -0.3 is 25.6 Å². The van der Waals surface area contributed by atoms with Gasteiger partial charge in [0, 0.05) is 48.1 Å². The summed E-state index contributed by atoms with van der Waals surface area (Å²) in [5.41, 5.74) is 0.189. The Bertz CT molecular complexity index is 1670. The fourth-order valence-electron chi connectivity index (χ4n) is 6.92. The van der Waals surface area contributed by atoms with Gasteiger partial charge in [-0.15, -0.1) is 0 Å². The van der Waals surface area contributed by atoms with Crippen LogP contribution in [0.2, 0.25) is 5.02 Å². The molecule has 0 spiro atoms. The third kappa shape index (κ3) is 5.48. The predicted molar refractivity (Wildman–Crippen MR) is 157 cm³/mol. The minimum absolute atomic E-state index is 0.0249. The van der Waals surface area contributed by atoms with Crippen molar-refractivity contribution in [3.8, 4) is 23.2 Å². The van der Waals surface area contributed by atoms with Crippen LogP contribution in [0.3, 0.4) is 0 Å². The number of fused-ring (bicyclic) bond motifs is 3. The highest BCUT2D eigenvalue weighted by molar-refractivity contribution is 6.32. The Morgan fingerprint density at radius 3 is 2.52 bits per heavy atom. The quantitative estimate of drug-likeness (QED) is 0.270. The van der Waals surface area contributed by atoms with E-state index in [-0.39, 0.29) is 41.3 Å². The number of nitrogens with one attached hydrogen (secondary N) is 1. The van der Waals surface area contributed by atoms with Crippen molar-refractivity contribution in [1.29, 1.82) is 5.26 Å². The van der Waals surface area contributed by atoms with Crippen LogP contribution in [0.25, 0.3) is 22.0 Å². The van der Waals surface area contributed by atoms with E-state index >= 15 is 8.78 Å². The first-order valence-corrected chi connectivity index (χ1v) is 14.8. The van der Waals surface area contributed by atoms with Gasteiger partial charge in [0.05, 0.1) is 34.0 Å². The minimum Gasteiger partial charge on any atom is -0.463 e. The Hall–Kier alpha value is -3.47. The highest BCUT2D eigenvalue weighted by atomic mass is 35.5. The molecule has 0 saturated carbocycles. The van der Waals surface area contributed by atoms with E-state index in [4.69, 9.17) is 22.1 Å². The highest BCUT2D eigenvalue weighted by Gasteiger charge is 2.41. The fourth-order valence-corrected chi connectivity index (χ4v) is 7.24. The van der Waals surface area contributed by atoms with E-state index in [1.165, 1.54) is 0 Å². The van der Waals surface area contributed by atoms with Gasteiger partial charge in [0.1, 0.15) is 23.2 Å². The molecule has 3 N–H and O–H groups in total. The first-order chi connectivity index (χ1) is 20.8. The van der Waals surface area contributed by atoms with Gasteiger partial charge in [-0.1, -0.05) is 18.5 Å². The molecule has 44 heavy (non-hydrogen) atoms. The third-order valence-electron chi connectivity index (χ3n) is 8.83. The zero-order valence-corrected chi connectivity index (χ0v) is 24.9. The van der Waals surface area contributed by atoms with Crippen molar-refractivity contribution in [3.63, 3.8) is 0 Å². The van der Waals surface area contributed by atoms with Gasteiger partial charge in [0.2, 0.25) is 0 Å². The number of nitrogens with zero attached hydrogens (tertiary/aromatic N) is 5. The van der Waals surface area contributed by atoms with Crippen LogP contribution in [0.15, 0.2) is 12.1 Å². The third-order valence-corrected chi connectivity index (χ3v) is 9.13. The molecular weight excluding hydrogens is 605 g/mol. The van der Waals surface area contributed by atoms with Gasteiger partial charge in [0.25, 0.3) is 0 Å². The van der Waals surface area contributed by atoms with Crippen LogP contribution in [0, 0.1) is 28.4 Å². The molecule has 0 aliphatic carbocycles. The molecule has 1 unspecified atom stereocenters. The van der Waals surface area contributed by atoms with Gasteiger partial charge in [-0.05, 0) is 51.4 Å². The van der Waals surface area contributed by atoms with Crippen LogP contribution in [-0.4, -0.2) is 66.8 Å². The maximum absolute atomic E-state index is 16.6. The second kappa shape index (κ2) is 11.2. The zero-order valence-electron chi connectivity index (χ0n) is 24.2. The number of benzene rings is 2. The van der Waals surface area contributed by atoms with Crippen LogP contribution in [0.1, 0.15) is 43.7 Å². The van der Waals surface area contributed by atoms with E-state index in [2.05, 4.69) is 27.1 Å². The number of hydrogen-bond acceptors (Lipinski definition) is 8. The molecular formula is C30H31ClF5N7O. The van der Waals surface area contributed by atoms with E-state index in [9.17, 15) is 18.4 Å². The molecule has 3 aliphatic heterocycles. The van der Waals surface area contributed by atoms with Crippen LogP contribution in [-0.2, 0) is 6.18 Å². The van der Waals surface area contributed by atoms with Gasteiger partial charge in [-0.2, -0.15) is 28.4 Å². The molecule has 6 rings (SSSR count). The number of halogens is 6. The van der Waals surface area contributed by atoms with Gasteiger partial charge >= 0.3 is 12.2 Å². The Morgan fingerprint density at radius 1 is 1.18 bits per heavy atom.